The molecule has 0 saturated heterocycles. The van der Waals surface area contributed by atoms with Crippen molar-refractivity contribution in [3.63, 3.8) is 0 Å². The van der Waals surface area contributed by atoms with Gasteiger partial charge in [0, 0.05) is 31.3 Å². The number of carbonyl (C=O) groups is 4. The van der Waals surface area contributed by atoms with Gasteiger partial charge in [-0.05, 0) is 5.56 Å². The molecule has 0 spiro atoms. The lowest BCUT2D eigenvalue weighted by atomic mass is 10.1. The summed E-state index contributed by atoms with van der Waals surface area (Å²) in [4.78, 5) is 49.2. The van der Waals surface area contributed by atoms with Crippen molar-refractivity contribution in [2.75, 3.05) is 13.1 Å². The second-order valence-electron chi connectivity index (χ2n) is 4.88. The lowest BCUT2D eigenvalue weighted by Gasteiger charge is -2.19. The zero-order valence-electron chi connectivity index (χ0n) is 11.6. The number of benzene rings is 1. The maximum atomic E-state index is 12.3. The molecule has 6 heteroatoms. The predicted octanol–water partition coefficient (Wildman–Crippen LogP) is 0.364. The lowest BCUT2D eigenvalue weighted by molar-refractivity contribution is -0.141. The van der Waals surface area contributed by atoms with Crippen LogP contribution in [-0.4, -0.2) is 46.5 Å². The fourth-order valence-corrected chi connectivity index (χ4v) is 2.40. The van der Waals surface area contributed by atoms with Crippen LogP contribution in [0.25, 0.3) is 5.57 Å². The van der Waals surface area contributed by atoms with Crippen molar-refractivity contribution in [2.24, 2.45) is 0 Å². The first-order chi connectivity index (χ1) is 10.6. The molecule has 0 unspecified atom stereocenters. The van der Waals surface area contributed by atoms with Gasteiger partial charge in [0.2, 0.25) is 0 Å². The SMILES string of the molecule is O=C1C=CC(=O)N1CCN1C(=O)C=C(c2ccccc2)C1=O. The highest BCUT2D eigenvalue weighted by molar-refractivity contribution is 6.33. The van der Waals surface area contributed by atoms with E-state index in [2.05, 4.69) is 0 Å². The van der Waals surface area contributed by atoms with E-state index in [1.54, 1.807) is 24.3 Å². The molecule has 0 fully saturated rings. The van der Waals surface area contributed by atoms with Crippen LogP contribution in [0.3, 0.4) is 0 Å². The highest BCUT2D eigenvalue weighted by Crippen LogP contribution is 2.23. The molecule has 4 amide bonds. The van der Waals surface area contributed by atoms with Crippen LogP contribution in [0, 0.1) is 0 Å². The van der Waals surface area contributed by atoms with Crippen LogP contribution in [-0.2, 0) is 19.2 Å². The molecule has 0 saturated carbocycles. The molecule has 0 N–H and O–H groups in total. The molecular weight excluding hydrogens is 284 g/mol. The van der Waals surface area contributed by atoms with Crippen molar-refractivity contribution < 1.29 is 19.2 Å². The lowest BCUT2D eigenvalue weighted by Crippen LogP contribution is -2.41. The Bertz CT molecular complexity index is 716. The van der Waals surface area contributed by atoms with E-state index in [0.29, 0.717) is 11.1 Å². The molecule has 2 heterocycles. The van der Waals surface area contributed by atoms with Gasteiger partial charge in [0.1, 0.15) is 0 Å². The van der Waals surface area contributed by atoms with E-state index in [1.165, 1.54) is 18.2 Å². The van der Waals surface area contributed by atoms with E-state index in [9.17, 15) is 19.2 Å². The average molecular weight is 296 g/mol. The van der Waals surface area contributed by atoms with Crippen LogP contribution >= 0.6 is 0 Å². The van der Waals surface area contributed by atoms with Gasteiger partial charge in [-0.3, -0.25) is 29.0 Å². The third-order valence-electron chi connectivity index (χ3n) is 3.54. The molecule has 2 aliphatic heterocycles. The number of rotatable bonds is 4. The third-order valence-corrected chi connectivity index (χ3v) is 3.54. The normalized spacial score (nSPS) is 17.7. The topological polar surface area (TPSA) is 74.8 Å². The Morgan fingerprint density at radius 3 is 1.95 bits per heavy atom. The van der Waals surface area contributed by atoms with Gasteiger partial charge in [0.25, 0.3) is 23.6 Å². The van der Waals surface area contributed by atoms with E-state index in [4.69, 9.17) is 0 Å². The van der Waals surface area contributed by atoms with Gasteiger partial charge in [-0.2, -0.15) is 0 Å². The van der Waals surface area contributed by atoms with Gasteiger partial charge in [-0.15, -0.1) is 0 Å². The summed E-state index contributed by atoms with van der Waals surface area (Å²) in [5.74, 6) is -1.71. The number of amides is 4. The van der Waals surface area contributed by atoms with Crippen molar-refractivity contribution >= 4 is 29.2 Å². The minimum atomic E-state index is -0.434. The van der Waals surface area contributed by atoms with Crippen LogP contribution in [0.15, 0.2) is 48.6 Å². The maximum Gasteiger partial charge on any atom is 0.261 e. The molecule has 1 aromatic carbocycles. The van der Waals surface area contributed by atoms with Crippen molar-refractivity contribution in [3.05, 3.63) is 54.1 Å². The minimum Gasteiger partial charge on any atom is -0.274 e. The summed E-state index contributed by atoms with van der Waals surface area (Å²) in [6.07, 6.45) is 3.62. The van der Waals surface area contributed by atoms with Crippen LogP contribution < -0.4 is 0 Å². The van der Waals surface area contributed by atoms with Gasteiger partial charge < -0.3 is 0 Å². The Morgan fingerprint density at radius 2 is 1.32 bits per heavy atom. The fourth-order valence-electron chi connectivity index (χ4n) is 2.40. The third kappa shape index (κ3) is 2.35. The minimum absolute atomic E-state index is 0.00193. The van der Waals surface area contributed by atoms with E-state index in [1.807, 2.05) is 6.07 Å². The maximum absolute atomic E-state index is 12.3. The molecule has 110 valence electrons. The van der Waals surface area contributed by atoms with Gasteiger partial charge in [0.15, 0.2) is 0 Å². The molecule has 0 aromatic heterocycles. The van der Waals surface area contributed by atoms with Crippen molar-refractivity contribution in [1.29, 1.82) is 0 Å². The van der Waals surface area contributed by atoms with E-state index >= 15 is 0 Å². The number of nitrogens with zero attached hydrogens (tertiary/aromatic N) is 2. The predicted molar refractivity (Wildman–Crippen MR) is 77.0 cm³/mol. The highest BCUT2D eigenvalue weighted by Gasteiger charge is 2.33. The summed E-state index contributed by atoms with van der Waals surface area (Å²) in [5, 5.41) is 0. The van der Waals surface area contributed by atoms with Gasteiger partial charge in [-0.1, -0.05) is 30.3 Å². The molecule has 0 aliphatic carbocycles. The van der Waals surface area contributed by atoms with E-state index in [0.717, 1.165) is 9.80 Å². The van der Waals surface area contributed by atoms with Crippen molar-refractivity contribution in [2.45, 2.75) is 0 Å². The number of hydrogen-bond acceptors (Lipinski definition) is 4. The summed E-state index contributed by atoms with van der Waals surface area (Å²) >= 11 is 0. The average Bonchev–Trinajstić information content (AvgIpc) is 2.99. The Balaban J connectivity index is 1.70. The quantitative estimate of drug-likeness (QED) is 0.752. The molecule has 0 bridgehead atoms. The molecular formula is C16H12N2O4. The monoisotopic (exact) mass is 296 g/mol. The molecule has 0 atom stereocenters. The fraction of sp³-hybridized carbons (Fsp3) is 0.125. The highest BCUT2D eigenvalue weighted by atomic mass is 16.2. The Morgan fingerprint density at radius 1 is 0.727 bits per heavy atom. The van der Waals surface area contributed by atoms with E-state index in [-0.39, 0.29) is 13.1 Å². The number of hydrogen-bond donors (Lipinski definition) is 0. The van der Waals surface area contributed by atoms with Crippen LogP contribution in [0.5, 0.6) is 0 Å². The zero-order chi connectivity index (χ0) is 15.7. The van der Waals surface area contributed by atoms with Gasteiger partial charge in [0.05, 0.1) is 5.57 Å². The molecule has 0 radical (unpaired) electrons. The smallest absolute Gasteiger partial charge is 0.261 e. The summed E-state index contributed by atoms with van der Waals surface area (Å²) in [6, 6.07) is 8.88. The first-order valence-electron chi connectivity index (χ1n) is 6.74. The largest absolute Gasteiger partial charge is 0.274 e. The second kappa shape index (κ2) is 5.40. The molecule has 22 heavy (non-hydrogen) atoms. The van der Waals surface area contributed by atoms with Gasteiger partial charge in [-0.25, -0.2) is 0 Å². The van der Waals surface area contributed by atoms with Gasteiger partial charge >= 0.3 is 0 Å². The van der Waals surface area contributed by atoms with Crippen LogP contribution in [0.2, 0.25) is 0 Å². The summed E-state index contributed by atoms with van der Waals surface area (Å²) in [5.41, 5.74) is 0.987. The number of imide groups is 2. The second-order valence-corrected chi connectivity index (χ2v) is 4.88. The number of carbonyl (C=O) groups excluding carboxylic acids is 4. The molecule has 1 aromatic rings. The zero-order valence-corrected chi connectivity index (χ0v) is 11.6. The summed E-state index contributed by atoms with van der Waals surface area (Å²) in [6.45, 7) is -0.0122. The Kier molecular flexibility index (Phi) is 3.42. The summed E-state index contributed by atoms with van der Waals surface area (Å²) < 4.78 is 0. The van der Waals surface area contributed by atoms with Crippen LogP contribution in [0.4, 0.5) is 0 Å². The standard InChI is InChI=1S/C16H12N2O4/c19-13-6-7-14(20)17(13)8-9-18-15(21)10-12(16(18)22)11-4-2-1-3-5-11/h1-7,10H,8-9H2. The summed E-state index contributed by atoms with van der Waals surface area (Å²) in [7, 11) is 0. The first-order valence-corrected chi connectivity index (χ1v) is 6.74. The van der Waals surface area contributed by atoms with E-state index < -0.39 is 23.6 Å². The first kappa shape index (κ1) is 13.9. The Hall–Kier alpha value is -3.02. The molecule has 3 rings (SSSR count). The molecule has 6 nitrogen and oxygen atoms in total. The Labute approximate surface area is 126 Å². The molecule has 2 aliphatic rings. The van der Waals surface area contributed by atoms with Crippen molar-refractivity contribution in [3.8, 4) is 0 Å². The van der Waals surface area contributed by atoms with Crippen LogP contribution in [0.1, 0.15) is 5.56 Å². The van der Waals surface area contributed by atoms with Crippen molar-refractivity contribution in [1.82, 2.24) is 9.80 Å².